The Bertz CT molecular complexity index is 688. The van der Waals surface area contributed by atoms with E-state index in [0.717, 1.165) is 12.8 Å². The number of hydrogen-bond donors (Lipinski definition) is 1. The maximum absolute atomic E-state index is 12.2. The van der Waals surface area contributed by atoms with Crippen LogP contribution in [0.5, 0.6) is 0 Å². The summed E-state index contributed by atoms with van der Waals surface area (Å²) in [5.41, 5.74) is -0.143. The Labute approximate surface area is 127 Å². The van der Waals surface area contributed by atoms with Gasteiger partial charge in [-0.25, -0.2) is 4.79 Å². The van der Waals surface area contributed by atoms with Crippen LogP contribution in [-0.2, 0) is 9.53 Å². The zero-order valence-electron chi connectivity index (χ0n) is 12.4. The van der Waals surface area contributed by atoms with Crippen LogP contribution in [0.4, 0.5) is 5.69 Å². The predicted molar refractivity (Wildman–Crippen MR) is 78.4 cm³/mol. The van der Waals surface area contributed by atoms with Gasteiger partial charge in [-0.3, -0.25) is 10.1 Å². The molecule has 0 saturated heterocycles. The van der Waals surface area contributed by atoms with Crippen molar-refractivity contribution in [2.24, 2.45) is 5.92 Å². The van der Waals surface area contributed by atoms with Gasteiger partial charge in [0.15, 0.2) is 5.60 Å². The Balaban J connectivity index is 2.08. The van der Waals surface area contributed by atoms with Gasteiger partial charge in [-0.05, 0) is 38.2 Å². The lowest BCUT2D eigenvalue weighted by Crippen LogP contribution is -2.22. The summed E-state index contributed by atoms with van der Waals surface area (Å²) in [5.74, 6) is -0.749. The van der Waals surface area contributed by atoms with Crippen LogP contribution in [0.3, 0.4) is 0 Å². The second-order valence-electron chi connectivity index (χ2n) is 6.33. The quantitative estimate of drug-likeness (QED) is 0.524. The first-order chi connectivity index (χ1) is 10.3. The van der Waals surface area contributed by atoms with E-state index in [1.807, 2.05) is 0 Å². The standard InChI is InChI=1S/C16H17NO5/c1-16(2)14(18)13(15(19)22-16)12(9-6-7-9)10-4-3-5-11(8-10)17(20)21/h3-5,8-9,12,18H,6-7H2,1-2H3. The summed E-state index contributed by atoms with van der Waals surface area (Å²) < 4.78 is 5.23. The molecule has 22 heavy (non-hydrogen) atoms. The molecule has 1 aliphatic carbocycles. The summed E-state index contributed by atoms with van der Waals surface area (Å²) in [7, 11) is 0. The summed E-state index contributed by atoms with van der Waals surface area (Å²) in [6, 6.07) is 6.25. The summed E-state index contributed by atoms with van der Waals surface area (Å²) in [6.45, 7) is 3.26. The normalized spacial score (nSPS) is 21.6. The van der Waals surface area contributed by atoms with Crippen LogP contribution in [0.25, 0.3) is 0 Å². The molecule has 3 rings (SSSR count). The Hall–Kier alpha value is -2.37. The van der Waals surface area contributed by atoms with Gasteiger partial charge >= 0.3 is 5.97 Å². The Kier molecular flexibility index (Phi) is 3.20. The molecule has 0 amide bonds. The molecule has 0 aromatic heterocycles. The number of esters is 1. The minimum absolute atomic E-state index is 0.0196. The minimum atomic E-state index is -1.04. The average molecular weight is 303 g/mol. The molecule has 1 aliphatic heterocycles. The molecule has 116 valence electrons. The van der Waals surface area contributed by atoms with Gasteiger partial charge in [-0.15, -0.1) is 0 Å². The van der Waals surface area contributed by atoms with Gasteiger partial charge in [-0.1, -0.05) is 12.1 Å². The number of nitro groups is 1. The molecule has 1 aromatic rings. The van der Waals surface area contributed by atoms with Crippen molar-refractivity contribution in [2.75, 3.05) is 0 Å². The maximum Gasteiger partial charge on any atom is 0.339 e. The third-order valence-electron chi connectivity index (χ3n) is 4.24. The molecule has 2 aliphatic rings. The zero-order valence-corrected chi connectivity index (χ0v) is 12.4. The van der Waals surface area contributed by atoms with Crippen LogP contribution in [0.15, 0.2) is 35.6 Å². The molecular formula is C16H17NO5. The van der Waals surface area contributed by atoms with E-state index in [1.54, 1.807) is 26.0 Å². The van der Waals surface area contributed by atoms with E-state index in [1.165, 1.54) is 12.1 Å². The van der Waals surface area contributed by atoms with Crippen LogP contribution in [0.1, 0.15) is 38.2 Å². The molecule has 1 saturated carbocycles. The van der Waals surface area contributed by atoms with Crippen molar-refractivity contribution in [1.29, 1.82) is 0 Å². The van der Waals surface area contributed by atoms with Crippen molar-refractivity contribution in [3.8, 4) is 0 Å². The van der Waals surface area contributed by atoms with Gasteiger partial charge in [0.2, 0.25) is 0 Å². The lowest BCUT2D eigenvalue weighted by atomic mass is 9.85. The average Bonchev–Trinajstić information content (AvgIpc) is 3.24. The number of cyclic esters (lactones) is 1. The molecule has 0 radical (unpaired) electrons. The van der Waals surface area contributed by atoms with Gasteiger partial charge in [0.05, 0.1) is 10.5 Å². The van der Waals surface area contributed by atoms with Gasteiger partial charge in [-0.2, -0.15) is 0 Å². The van der Waals surface area contributed by atoms with Crippen LogP contribution >= 0.6 is 0 Å². The first-order valence-electron chi connectivity index (χ1n) is 7.22. The third-order valence-corrected chi connectivity index (χ3v) is 4.24. The lowest BCUT2D eigenvalue weighted by Gasteiger charge is -2.17. The van der Waals surface area contributed by atoms with Gasteiger partial charge in [0.1, 0.15) is 5.76 Å². The molecule has 0 bridgehead atoms. The number of carbonyl (C=O) groups excluding carboxylic acids is 1. The largest absolute Gasteiger partial charge is 0.507 e. The van der Waals surface area contributed by atoms with E-state index >= 15 is 0 Å². The molecule has 1 aromatic carbocycles. The Morgan fingerprint density at radius 2 is 2.09 bits per heavy atom. The van der Waals surface area contributed by atoms with Crippen LogP contribution in [0.2, 0.25) is 0 Å². The zero-order chi connectivity index (χ0) is 16.1. The molecule has 6 heteroatoms. The topological polar surface area (TPSA) is 89.7 Å². The maximum atomic E-state index is 12.2. The third kappa shape index (κ3) is 2.34. The highest BCUT2D eigenvalue weighted by Gasteiger charge is 2.48. The van der Waals surface area contributed by atoms with Gasteiger partial charge in [0, 0.05) is 18.1 Å². The summed E-state index contributed by atoms with van der Waals surface area (Å²) >= 11 is 0. The number of benzene rings is 1. The van der Waals surface area contributed by atoms with Crippen molar-refractivity contribution in [3.05, 3.63) is 51.3 Å². The van der Waals surface area contributed by atoms with E-state index in [-0.39, 0.29) is 28.9 Å². The van der Waals surface area contributed by atoms with E-state index < -0.39 is 16.5 Å². The fourth-order valence-corrected chi connectivity index (χ4v) is 2.97. The minimum Gasteiger partial charge on any atom is -0.507 e. The van der Waals surface area contributed by atoms with Crippen molar-refractivity contribution in [1.82, 2.24) is 0 Å². The predicted octanol–water partition coefficient (Wildman–Crippen LogP) is 3.24. The second kappa shape index (κ2) is 4.83. The SMILES string of the molecule is CC1(C)OC(=O)C(C(c2cccc([N+](=O)[O-])c2)C2CC2)=C1O. The number of rotatable bonds is 4. The number of non-ortho nitro benzene ring substituents is 1. The van der Waals surface area contributed by atoms with E-state index in [4.69, 9.17) is 4.74 Å². The molecule has 1 fully saturated rings. The highest BCUT2D eigenvalue weighted by atomic mass is 16.6. The number of aliphatic hydroxyl groups excluding tert-OH is 1. The van der Waals surface area contributed by atoms with Crippen LogP contribution in [0, 0.1) is 16.0 Å². The van der Waals surface area contributed by atoms with Crippen molar-refractivity contribution in [3.63, 3.8) is 0 Å². The number of ether oxygens (including phenoxy) is 1. The molecular weight excluding hydrogens is 286 g/mol. The number of aliphatic hydroxyl groups is 1. The Morgan fingerprint density at radius 1 is 1.41 bits per heavy atom. The number of nitrogens with zero attached hydrogens (tertiary/aromatic N) is 1. The highest BCUT2D eigenvalue weighted by molar-refractivity contribution is 5.94. The number of carbonyl (C=O) groups is 1. The van der Waals surface area contributed by atoms with Crippen LogP contribution < -0.4 is 0 Å². The van der Waals surface area contributed by atoms with Crippen LogP contribution in [-0.4, -0.2) is 21.6 Å². The molecule has 6 nitrogen and oxygen atoms in total. The molecule has 0 spiro atoms. The summed E-state index contributed by atoms with van der Waals surface area (Å²) in [5, 5.41) is 21.3. The summed E-state index contributed by atoms with van der Waals surface area (Å²) in [4.78, 5) is 22.7. The van der Waals surface area contributed by atoms with E-state index in [2.05, 4.69) is 0 Å². The van der Waals surface area contributed by atoms with E-state index in [9.17, 15) is 20.0 Å². The second-order valence-corrected chi connectivity index (χ2v) is 6.33. The molecule has 1 atom stereocenters. The van der Waals surface area contributed by atoms with E-state index in [0.29, 0.717) is 5.56 Å². The number of nitro benzene ring substituents is 1. The molecule has 1 N–H and O–H groups in total. The monoisotopic (exact) mass is 303 g/mol. The van der Waals surface area contributed by atoms with Gasteiger partial charge in [0.25, 0.3) is 5.69 Å². The van der Waals surface area contributed by atoms with Gasteiger partial charge < -0.3 is 9.84 Å². The fraction of sp³-hybridized carbons (Fsp3) is 0.438. The molecule has 1 heterocycles. The lowest BCUT2D eigenvalue weighted by molar-refractivity contribution is -0.384. The Morgan fingerprint density at radius 3 is 2.59 bits per heavy atom. The smallest absolute Gasteiger partial charge is 0.339 e. The fourth-order valence-electron chi connectivity index (χ4n) is 2.97. The van der Waals surface area contributed by atoms with Crippen molar-refractivity contribution < 1.29 is 19.6 Å². The summed E-state index contributed by atoms with van der Waals surface area (Å²) in [6.07, 6.45) is 1.86. The number of hydrogen-bond acceptors (Lipinski definition) is 5. The molecule has 1 unspecified atom stereocenters. The first kappa shape index (κ1) is 14.6. The van der Waals surface area contributed by atoms with Crippen molar-refractivity contribution in [2.45, 2.75) is 38.2 Å². The highest BCUT2D eigenvalue weighted by Crippen LogP contribution is 2.50. The first-order valence-corrected chi connectivity index (χ1v) is 7.22. The van der Waals surface area contributed by atoms with Crippen molar-refractivity contribution >= 4 is 11.7 Å².